The third-order valence-electron chi connectivity index (χ3n) is 2.77. The molecule has 1 aromatic carbocycles. The van der Waals surface area contributed by atoms with Gasteiger partial charge in [0.1, 0.15) is 0 Å². The Balaban J connectivity index is 0.00000180. The van der Waals surface area contributed by atoms with Gasteiger partial charge < -0.3 is 22.9 Å². The Morgan fingerprint density at radius 1 is 1.47 bits per heavy atom. The minimum absolute atomic E-state index is 0. The summed E-state index contributed by atoms with van der Waals surface area (Å²) in [7, 11) is 0. The molecule has 2 rings (SSSR count). The van der Waals surface area contributed by atoms with E-state index >= 15 is 0 Å². The fourth-order valence-corrected chi connectivity index (χ4v) is 1.87. The number of rotatable bonds is 5. The molecule has 0 saturated carbocycles. The molecule has 0 aliphatic heterocycles. The van der Waals surface area contributed by atoms with Crippen LogP contribution in [-0.2, 0) is 11.3 Å². The van der Waals surface area contributed by atoms with Gasteiger partial charge in [-0.3, -0.25) is 4.68 Å². The first-order valence-electron chi connectivity index (χ1n) is 6.18. The van der Waals surface area contributed by atoms with Crippen LogP contribution < -0.4 is 18.1 Å². The molecule has 0 bridgehead atoms. The van der Waals surface area contributed by atoms with Crippen LogP contribution in [0.3, 0.4) is 0 Å². The molecule has 1 aromatic heterocycles. The zero-order valence-corrected chi connectivity index (χ0v) is 11.7. The maximum Gasteiger partial charge on any atom is 0.338 e. The van der Waals surface area contributed by atoms with E-state index in [1.165, 1.54) is 0 Å². The molecular formula is C13H18ClN3O2. The van der Waals surface area contributed by atoms with E-state index in [2.05, 4.69) is 10.8 Å². The Hall–Kier alpha value is -1.59. The number of ether oxygens (including phenoxy) is 1. The Kier molecular flexibility index (Phi) is 5.79. The van der Waals surface area contributed by atoms with Gasteiger partial charge in [0.25, 0.3) is 0 Å². The average molecular weight is 284 g/mol. The lowest BCUT2D eigenvalue weighted by molar-refractivity contribution is -0.368. The van der Waals surface area contributed by atoms with Gasteiger partial charge in [-0.25, -0.2) is 4.79 Å². The Morgan fingerprint density at radius 2 is 2.26 bits per heavy atom. The van der Waals surface area contributed by atoms with Crippen molar-refractivity contribution in [3.8, 4) is 0 Å². The van der Waals surface area contributed by atoms with Crippen LogP contribution in [0.25, 0.3) is 10.9 Å². The van der Waals surface area contributed by atoms with Crippen molar-refractivity contribution in [1.29, 1.82) is 0 Å². The quantitative estimate of drug-likeness (QED) is 0.636. The number of hydrogen-bond donors (Lipinski definition) is 1. The van der Waals surface area contributed by atoms with E-state index in [0.29, 0.717) is 12.2 Å². The molecule has 0 aliphatic rings. The van der Waals surface area contributed by atoms with Crippen molar-refractivity contribution in [3.05, 3.63) is 30.0 Å². The predicted molar refractivity (Wildman–Crippen MR) is 68.1 cm³/mol. The average Bonchev–Trinajstić information content (AvgIpc) is 2.79. The summed E-state index contributed by atoms with van der Waals surface area (Å²) in [6, 6.07) is 5.52. The molecule has 0 aliphatic carbocycles. The highest BCUT2D eigenvalue weighted by Crippen LogP contribution is 2.16. The van der Waals surface area contributed by atoms with Gasteiger partial charge in [-0.15, -0.1) is 0 Å². The minimum atomic E-state index is -0.287. The lowest BCUT2D eigenvalue weighted by atomic mass is 10.1. The Morgan fingerprint density at radius 3 is 2.95 bits per heavy atom. The van der Waals surface area contributed by atoms with E-state index in [9.17, 15) is 4.79 Å². The van der Waals surface area contributed by atoms with Crippen LogP contribution in [-0.4, -0.2) is 28.9 Å². The van der Waals surface area contributed by atoms with Gasteiger partial charge in [0.05, 0.1) is 30.4 Å². The van der Waals surface area contributed by atoms with Crippen LogP contribution in [0, 0.1) is 0 Å². The molecule has 1 heterocycles. The first-order valence-corrected chi connectivity index (χ1v) is 6.18. The second-order valence-electron chi connectivity index (χ2n) is 4.07. The second kappa shape index (κ2) is 7.11. The predicted octanol–water partition coefficient (Wildman–Crippen LogP) is -2.15. The number of aryl methyl sites for hydroxylation is 1. The lowest BCUT2D eigenvalue weighted by Crippen LogP contribution is -3.00. The first kappa shape index (κ1) is 15.5. The number of nitrogens with zero attached hydrogens (tertiary/aromatic N) is 2. The van der Waals surface area contributed by atoms with Crippen molar-refractivity contribution in [1.82, 2.24) is 9.78 Å². The molecule has 0 saturated heterocycles. The van der Waals surface area contributed by atoms with Gasteiger partial charge in [-0.2, -0.15) is 5.10 Å². The topological polar surface area (TPSA) is 71.8 Å². The third kappa shape index (κ3) is 3.45. The van der Waals surface area contributed by atoms with Crippen LogP contribution in [0.15, 0.2) is 24.4 Å². The number of fused-ring (bicyclic) bond motifs is 1. The van der Waals surface area contributed by atoms with Crippen molar-refractivity contribution in [2.75, 3.05) is 13.2 Å². The number of carbonyl (C=O) groups is 1. The van der Waals surface area contributed by atoms with E-state index in [-0.39, 0.29) is 18.4 Å². The van der Waals surface area contributed by atoms with Crippen molar-refractivity contribution < 1.29 is 27.7 Å². The SMILES string of the molecule is CCOC(=O)c1ccc2c(cnn2CCC[NH3+])c1.[Cl-]. The molecule has 2 aromatic rings. The third-order valence-corrected chi connectivity index (χ3v) is 2.77. The number of aromatic nitrogens is 2. The highest BCUT2D eigenvalue weighted by atomic mass is 35.5. The summed E-state index contributed by atoms with van der Waals surface area (Å²) in [5.74, 6) is -0.287. The number of halogens is 1. The smallest absolute Gasteiger partial charge is 0.338 e. The van der Waals surface area contributed by atoms with Crippen LogP contribution >= 0.6 is 0 Å². The summed E-state index contributed by atoms with van der Waals surface area (Å²) in [4.78, 5) is 11.6. The number of hydrogen-bond acceptors (Lipinski definition) is 3. The largest absolute Gasteiger partial charge is 1.00 e. The summed E-state index contributed by atoms with van der Waals surface area (Å²) >= 11 is 0. The van der Waals surface area contributed by atoms with Crippen molar-refractivity contribution in [3.63, 3.8) is 0 Å². The molecule has 0 spiro atoms. The number of esters is 1. The summed E-state index contributed by atoms with van der Waals surface area (Å²) in [6.07, 6.45) is 2.78. The Labute approximate surface area is 118 Å². The van der Waals surface area contributed by atoms with E-state index in [4.69, 9.17) is 4.74 Å². The van der Waals surface area contributed by atoms with E-state index < -0.39 is 0 Å². The summed E-state index contributed by atoms with van der Waals surface area (Å²) in [5, 5.41) is 5.28. The number of benzene rings is 1. The van der Waals surface area contributed by atoms with Crippen LogP contribution in [0.4, 0.5) is 0 Å². The van der Waals surface area contributed by atoms with Crippen molar-refractivity contribution >= 4 is 16.9 Å². The fourth-order valence-electron chi connectivity index (χ4n) is 1.87. The maximum absolute atomic E-state index is 11.6. The van der Waals surface area contributed by atoms with Crippen LogP contribution in [0.2, 0.25) is 0 Å². The van der Waals surface area contributed by atoms with Gasteiger partial charge in [-0.1, -0.05) is 0 Å². The van der Waals surface area contributed by atoms with Crippen molar-refractivity contribution in [2.45, 2.75) is 19.9 Å². The molecular weight excluding hydrogens is 266 g/mol. The monoisotopic (exact) mass is 283 g/mol. The fraction of sp³-hybridized carbons (Fsp3) is 0.385. The second-order valence-corrected chi connectivity index (χ2v) is 4.07. The van der Waals surface area contributed by atoms with Crippen LogP contribution in [0.5, 0.6) is 0 Å². The molecule has 104 valence electrons. The minimum Gasteiger partial charge on any atom is -1.00 e. The standard InChI is InChI=1S/C13H17N3O2.ClH/c1-2-18-13(17)10-4-5-12-11(8-10)9-15-16(12)7-3-6-14;/h4-5,8-9H,2-3,6-7,14H2,1H3;1H. The Bertz CT molecular complexity index is 554. The van der Waals surface area contributed by atoms with E-state index in [1.54, 1.807) is 19.2 Å². The molecule has 19 heavy (non-hydrogen) atoms. The van der Waals surface area contributed by atoms with E-state index in [1.807, 2.05) is 16.8 Å². The highest BCUT2D eigenvalue weighted by molar-refractivity contribution is 5.94. The zero-order valence-electron chi connectivity index (χ0n) is 10.9. The summed E-state index contributed by atoms with van der Waals surface area (Å²) in [5.41, 5.74) is 5.43. The number of carbonyl (C=O) groups excluding carboxylic acids is 1. The maximum atomic E-state index is 11.6. The van der Waals surface area contributed by atoms with Crippen molar-refractivity contribution in [2.24, 2.45) is 0 Å². The molecule has 0 fully saturated rings. The zero-order chi connectivity index (χ0) is 13.0. The van der Waals surface area contributed by atoms with Crippen LogP contribution in [0.1, 0.15) is 23.7 Å². The van der Waals surface area contributed by atoms with Gasteiger partial charge in [0.15, 0.2) is 0 Å². The van der Waals surface area contributed by atoms with E-state index in [0.717, 1.165) is 30.4 Å². The normalized spacial score (nSPS) is 10.2. The lowest BCUT2D eigenvalue weighted by Gasteiger charge is -2.03. The number of quaternary nitrogens is 1. The first-order chi connectivity index (χ1) is 8.76. The molecule has 0 atom stereocenters. The van der Waals surface area contributed by atoms with Gasteiger partial charge in [-0.05, 0) is 25.1 Å². The molecule has 0 amide bonds. The molecule has 5 nitrogen and oxygen atoms in total. The molecule has 6 heteroatoms. The molecule has 0 radical (unpaired) electrons. The summed E-state index contributed by atoms with van der Waals surface area (Å²) < 4.78 is 6.91. The summed E-state index contributed by atoms with van der Waals surface area (Å²) in [6.45, 7) is 3.93. The van der Waals surface area contributed by atoms with Gasteiger partial charge >= 0.3 is 5.97 Å². The van der Waals surface area contributed by atoms with Gasteiger partial charge in [0.2, 0.25) is 0 Å². The molecule has 0 unspecified atom stereocenters. The highest BCUT2D eigenvalue weighted by Gasteiger charge is 2.09. The molecule has 3 N–H and O–H groups in total. The van der Waals surface area contributed by atoms with Gasteiger partial charge in [0, 0.05) is 18.4 Å².